The Bertz CT molecular complexity index is 472. The van der Waals surface area contributed by atoms with E-state index in [1.165, 1.54) is 22.4 Å². The quantitative estimate of drug-likeness (QED) is 0.591. The van der Waals surface area contributed by atoms with E-state index in [0.717, 1.165) is 0 Å². The second kappa shape index (κ2) is 4.38. The number of thiophene rings is 1. The van der Waals surface area contributed by atoms with Crippen LogP contribution in [0.1, 0.15) is 45.9 Å². The molecule has 0 N–H and O–H groups in total. The van der Waals surface area contributed by atoms with Crippen LogP contribution in [-0.4, -0.2) is 0 Å². The van der Waals surface area contributed by atoms with Gasteiger partial charge < -0.3 is 0 Å². The molecule has 1 aliphatic rings. The predicted octanol–water partition coefficient (Wildman–Crippen LogP) is 5.78. The van der Waals surface area contributed by atoms with E-state index in [2.05, 4.69) is 64.8 Å². The van der Waals surface area contributed by atoms with Gasteiger partial charge in [-0.2, -0.15) is 0 Å². The van der Waals surface area contributed by atoms with E-state index in [1.54, 1.807) is 11.3 Å². The maximum Gasteiger partial charge on any atom is 0.0299 e. The molecule has 0 amide bonds. The van der Waals surface area contributed by atoms with Crippen molar-refractivity contribution < 1.29 is 0 Å². The van der Waals surface area contributed by atoms with Gasteiger partial charge in [-0.25, -0.2) is 0 Å². The highest BCUT2D eigenvalue weighted by molar-refractivity contribution is 7.11. The molecule has 1 atom stereocenters. The van der Waals surface area contributed by atoms with Crippen LogP contribution < -0.4 is 0 Å². The van der Waals surface area contributed by atoms with E-state index in [4.69, 9.17) is 0 Å². The maximum atomic E-state index is 4.42. The van der Waals surface area contributed by atoms with Crippen molar-refractivity contribution in [2.45, 2.75) is 41.0 Å². The third kappa shape index (κ3) is 2.33. The fourth-order valence-electron chi connectivity index (χ4n) is 4.12. The Morgan fingerprint density at radius 3 is 2.50 bits per heavy atom. The number of hydrogen-bond acceptors (Lipinski definition) is 1. The monoisotopic (exact) mass is 260 g/mol. The number of hydrogen-bond donors (Lipinski definition) is 0. The molecule has 18 heavy (non-hydrogen) atoms. The lowest BCUT2D eigenvalue weighted by Crippen LogP contribution is -2.39. The van der Waals surface area contributed by atoms with Gasteiger partial charge in [0.25, 0.3) is 0 Å². The lowest BCUT2D eigenvalue weighted by Gasteiger charge is -2.48. The highest BCUT2D eigenvalue weighted by Crippen LogP contribution is 2.54. The molecular formula is C17H24S. The summed E-state index contributed by atoms with van der Waals surface area (Å²) in [5, 5.41) is 2.14. The van der Waals surface area contributed by atoms with E-state index < -0.39 is 0 Å². The lowest BCUT2D eigenvalue weighted by molar-refractivity contribution is 0.144. The van der Waals surface area contributed by atoms with E-state index in [-0.39, 0.29) is 10.8 Å². The lowest BCUT2D eigenvalue weighted by atomic mass is 9.56. The summed E-state index contributed by atoms with van der Waals surface area (Å²) in [6, 6.07) is 4.32. The Morgan fingerprint density at radius 2 is 2.00 bits per heavy atom. The second-order valence-electron chi connectivity index (χ2n) is 6.91. The Balaban J connectivity index is 2.44. The SMILES string of the molecule is C=C(c1cccs1)C1C(C)(C)C=C(C)CC1(C)C. The largest absolute Gasteiger partial charge is 0.144 e. The molecule has 1 aliphatic carbocycles. The summed E-state index contributed by atoms with van der Waals surface area (Å²) in [5.74, 6) is 0.507. The second-order valence-corrected chi connectivity index (χ2v) is 7.86. The standard InChI is InChI=1S/C17H24S/c1-12-10-16(3,4)15(17(5,6)11-12)13(2)14-8-7-9-18-14/h7-10,15H,2,11H2,1,3-6H3. The Kier molecular flexibility index (Phi) is 3.31. The molecule has 0 spiro atoms. The molecule has 0 fully saturated rings. The Morgan fingerprint density at radius 1 is 1.33 bits per heavy atom. The van der Waals surface area contributed by atoms with Crippen LogP contribution in [0.2, 0.25) is 0 Å². The molecule has 98 valence electrons. The van der Waals surface area contributed by atoms with Gasteiger partial charge in [-0.3, -0.25) is 0 Å². The summed E-state index contributed by atoms with van der Waals surface area (Å²) in [7, 11) is 0. The number of allylic oxidation sites excluding steroid dienone is 3. The van der Waals surface area contributed by atoms with Crippen molar-refractivity contribution in [2.75, 3.05) is 0 Å². The van der Waals surface area contributed by atoms with Crippen molar-refractivity contribution >= 4 is 16.9 Å². The summed E-state index contributed by atoms with van der Waals surface area (Å²) < 4.78 is 0. The summed E-state index contributed by atoms with van der Waals surface area (Å²) in [6.45, 7) is 16.1. The number of rotatable bonds is 2. The molecule has 0 aliphatic heterocycles. The predicted molar refractivity (Wildman–Crippen MR) is 82.8 cm³/mol. The average molecular weight is 260 g/mol. The Hall–Kier alpha value is -0.820. The topological polar surface area (TPSA) is 0 Å². The first-order valence-corrected chi connectivity index (χ1v) is 7.53. The van der Waals surface area contributed by atoms with Gasteiger partial charge in [-0.05, 0) is 47.1 Å². The van der Waals surface area contributed by atoms with Crippen molar-refractivity contribution in [1.82, 2.24) is 0 Å². The van der Waals surface area contributed by atoms with Gasteiger partial charge in [-0.15, -0.1) is 11.3 Å². The van der Waals surface area contributed by atoms with Crippen LogP contribution in [0, 0.1) is 16.7 Å². The van der Waals surface area contributed by atoms with Crippen LogP contribution in [0.3, 0.4) is 0 Å². The minimum atomic E-state index is 0.187. The van der Waals surface area contributed by atoms with Gasteiger partial charge in [0, 0.05) is 4.88 Å². The molecule has 0 nitrogen and oxygen atoms in total. The van der Waals surface area contributed by atoms with Crippen LogP contribution in [-0.2, 0) is 0 Å². The zero-order valence-electron chi connectivity index (χ0n) is 12.2. The van der Waals surface area contributed by atoms with E-state index >= 15 is 0 Å². The molecule has 1 heterocycles. The highest BCUT2D eigenvalue weighted by Gasteiger charge is 2.44. The maximum absolute atomic E-state index is 4.42. The summed E-state index contributed by atoms with van der Waals surface area (Å²) >= 11 is 1.81. The molecule has 0 radical (unpaired) electrons. The van der Waals surface area contributed by atoms with Gasteiger partial charge in [0.1, 0.15) is 0 Å². The van der Waals surface area contributed by atoms with Crippen molar-refractivity contribution in [3.8, 4) is 0 Å². The van der Waals surface area contributed by atoms with Crippen LogP contribution in [0.25, 0.3) is 5.57 Å². The molecule has 0 bridgehead atoms. The molecule has 0 aromatic carbocycles. The summed E-state index contributed by atoms with van der Waals surface area (Å²) in [6.07, 6.45) is 3.62. The fourth-order valence-corrected chi connectivity index (χ4v) is 4.85. The highest BCUT2D eigenvalue weighted by atomic mass is 32.1. The van der Waals surface area contributed by atoms with E-state index in [1.807, 2.05) is 0 Å². The summed E-state index contributed by atoms with van der Waals surface area (Å²) in [5.41, 5.74) is 3.29. The molecule has 1 heteroatoms. The third-order valence-electron chi connectivity index (χ3n) is 4.06. The molecule has 1 aromatic rings. The van der Waals surface area contributed by atoms with Crippen molar-refractivity contribution in [2.24, 2.45) is 16.7 Å². The fraction of sp³-hybridized carbons (Fsp3) is 0.529. The van der Waals surface area contributed by atoms with Crippen LogP contribution in [0.4, 0.5) is 0 Å². The molecule has 1 aromatic heterocycles. The first-order chi connectivity index (χ1) is 8.24. The zero-order valence-corrected chi connectivity index (χ0v) is 13.0. The van der Waals surface area contributed by atoms with Gasteiger partial charge in [-0.1, -0.05) is 52.0 Å². The van der Waals surface area contributed by atoms with E-state index in [9.17, 15) is 0 Å². The molecule has 0 saturated heterocycles. The molecule has 2 rings (SSSR count). The van der Waals surface area contributed by atoms with Crippen LogP contribution in [0.5, 0.6) is 0 Å². The Labute approximate surface area is 115 Å². The van der Waals surface area contributed by atoms with Gasteiger partial charge >= 0.3 is 0 Å². The minimum absolute atomic E-state index is 0.187. The van der Waals surface area contributed by atoms with Crippen molar-refractivity contribution in [3.05, 3.63) is 40.6 Å². The molecule has 0 saturated carbocycles. The van der Waals surface area contributed by atoms with Crippen LogP contribution >= 0.6 is 11.3 Å². The van der Waals surface area contributed by atoms with Crippen molar-refractivity contribution in [3.63, 3.8) is 0 Å². The zero-order chi connectivity index (χ0) is 13.6. The van der Waals surface area contributed by atoms with Crippen LogP contribution in [0.15, 0.2) is 35.7 Å². The average Bonchev–Trinajstić information content (AvgIpc) is 2.63. The molecular weight excluding hydrogens is 236 g/mol. The minimum Gasteiger partial charge on any atom is -0.144 e. The summed E-state index contributed by atoms with van der Waals surface area (Å²) in [4.78, 5) is 1.34. The molecule has 1 unspecified atom stereocenters. The van der Waals surface area contributed by atoms with Gasteiger partial charge in [0.2, 0.25) is 0 Å². The smallest absolute Gasteiger partial charge is 0.0299 e. The van der Waals surface area contributed by atoms with Gasteiger partial charge in [0.05, 0.1) is 0 Å². The van der Waals surface area contributed by atoms with Crippen molar-refractivity contribution in [1.29, 1.82) is 0 Å². The van der Waals surface area contributed by atoms with E-state index in [0.29, 0.717) is 5.92 Å². The van der Waals surface area contributed by atoms with Gasteiger partial charge in [0.15, 0.2) is 0 Å². The normalized spacial score (nSPS) is 25.6. The first kappa shape index (κ1) is 13.6. The first-order valence-electron chi connectivity index (χ1n) is 6.65. The third-order valence-corrected chi connectivity index (χ3v) is 5.01.